The quantitative estimate of drug-likeness (QED) is 0.0595. The van der Waals surface area contributed by atoms with Gasteiger partial charge in [0.25, 0.3) is 23.4 Å². The number of imide groups is 1. The van der Waals surface area contributed by atoms with Gasteiger partial charge in [-0.3, -0.25) is 29.3 Å². The van der Waals surface area contributed by atoms with Gasteiger partial charge in [-0.1, -0.05) is 42.3 Å². The number of hydrazine groups is 1. The highest BCUT2D eigenvalue weighted by Crippen LogP contribution is 2.39. The van der Waals surface area contributed by atoms with Gasteiger partial charge in [0.1, 0.15) is 12.3 Å². The minimum absolute atomic E-state index is 0.0225. The zero-order valence-electron chi connectivity index (χ0n) is 23.0. The smallest absolute Gasteiger partial charge is 0.343 e. The molecule has 3 aromatic rings. The predicted molar refractivity (Wildman–Crippen MR) is 158 cm³/mol. The summed E-state index contributed by atoms with van der Waals surface area (Å²) in [6, 6.07) is 14.4. The van der Waals surface area contributed by atoms with Gasteiger partial charge in [-0.25, -0.2) is 9.80 Å². The fourth-order valence-electron chi connectivity index (χ4n) is 5.23. The van der Waals surface area contributed by atoms with Crippen molar-refractivity contribution in [2.24, 2.45) is 17.8 Å². The van der Waals surface area contributed by atoms with E-state index in [1.54, 1.807) is 0 Å². The van der Waals surface area contributed by atoms with Gasteiger partial charge in [0.2, 0.25) is 0 Å². The molecule has 0 radical (unpaired) electrons. The van der Waals surface area contributed by atoms with E-state index in [0.29, 0.717) is 6.42 Å². The van der Waals surface area contributed by atoms with Crippen LogP contribution >= 0.6 is 23.2 Å². The van der Waals surface area contributed by atoms with Crippen molar-refractivity contribution in [3.63, 3.8) is 0 Å². The van der Waals surface area contributed by atoms with Crippen LogP contribution in [-0.2, 0) is 9.59 Å². The Morgan fingerprint density at radius 2 is 1.64 bits per heavy atom. The summed E-state index contributed by atoms with van der Waals surface area (Å²) in [6.45, 7) is 1.14. The van der Waals surface area contributed by atoms with Crippen molar-refractivity contribution in [3.8, 4) is 5.75 Å². The molecule has 0 N–H and O–H groups in total. The first-order valence-corrected chi connectivity index (χ1v) is 14.1. The van der Waals surface area contributed by atoms with E-state index in [4.69, 9.17) is 27.9 Å². The van der Waals surface area contributed by atoms with Gasteiger partial charge >= 0.3 is 5.97 Å². The fraction of sp³-hybridized carbons (Fsp3) is 0.194. The molecule has 13 heteroatoms. The molecule has 1 aliphatic heterocycles. The Kier molecular flexibility index (Phi) is 8.61. The standard InChI is InChI=1S/C31H23Cl2N3O8/c1-17-3-2-4-24-27(17)30(40)35(29(24)39)34(28(38)23-14-9-20(32)15-25(23)33)16-26(37)18-7-12-22(13-8-18)44-31(41)19-5-10-21(11-6-19)36(42)43/h2-3,5-15,17,24,27H,4,16H2,1H3/t17-,24+,27+/m1/s1. The molecule has 1 saturated heterocycles. The number of halogens is 2. The van der Waals surface area contributed by atoms with E-state index in [9.17, 15) is 34.1 Å². The zero-order valence-corrected chi connectivity index (χ0v) is 24.5. The molecular weight excluding hydrogens is 613 g/mol. The molecule has 2 aliphatic rings. The number of nitro benzene ring substituents is 1. The van der Waals surface area contributed by atoms with Crippen LogP contribution in [-0.4, -0.2) is 51.0 Å². The Balaban J connectivity index is 1.38. The van der Waals surface area contributed by atoms with Crippen molar-refractivity contribution in [1.82, 2.24) is 10.0 Å². The molecule has 0 unspecified atom stereocenters. The van der Waals surface area contributed by atoms with E-state index >= 15 is 0 Å². The van der Waals surface area contributed by atoms with Crippen LogP contribution in [0.25, 0.3) is 0 Å². The number of ether oxygens (including phenoxy) is 1. The Morgan fingerprint density at radius 1 is 0.977 bits per heavy atom. The van der Waals surface area contributed by atoms with Crippen LogP contribution in [0, 0.1) is 27.9 Å². The Hall–Kier alpha value is -4.87. The number of rotatable bonds is 8. The van der Waals surface area contributed by atoms with E-state index in [2.05, 4.69) is 0 Å². The number of ketones is 1. The van der Waals surface area contributed by atoms with Crippen molar-refractivity contribution in [3.05, 3.63) is 116 Å². The van der Waals surface area contributed by atoms with Gasteiger partial charge in [-0.15, -0.1) is 0 Å². The maximum atomic E-state index is 13.8. The first kappa shape index (κ1) is 30.6. The summed E-state index contributed by atoms with van der Waals surface area (Å²) in [4.78, 5) is 76.9. The lowest BCUT2D eigenvalue weighted by Gasteiger charge is -2.30. The predicted octanol–water partition coefficient (Wildman–Crippen LogP) is 5.56. The third-order valence-electron chi connectivity index (χ3n) is 7.48. The van der Waals surface area contributed by atoms with Crippen LogP contribution in [0.2, 0.25) is 10.0 Å². The van der Waals surface area contributed by atoms with Crippen LogP contribution in [0.5, 0.6) is 5.75 Å². The first-order chi connectivity index (χ1) is 21.0. The number of non-ortho nitro benzene ring substituents is 1. The molecule has 0 bridgehead atoms. The SMILES string of the molecule is C[C@@H]1C=CC[C@@H]2C(=O)N(N(CC(=O)c3ccc(OC(=O)c4ccc([N+](=O)[O-])cc4)cc3)C(=O)c3ccc(Cl)cc3Cl)C(=O)[C@@H]12. The van der Waals surface area contributed by atoms with Crippen molar-refractivity contribution in [2.45, 2.75) is 13.3 Å². The second kappa shape index (κ2) is 12.4. The Labute approximate surface area is 260 Å². The van der Waals surface area contributed by atoms with Crippen molar-refractivity contribution < 1.29 is 33.6 Å². The van der Waals surface area contributed by atoms with Gasteiger partial charge in [-0.05, 0) is 66.9 Å². The third-order valence-corrected chi connectivity index (χ3v) is 8.03. The van der Waals surface area contributed by atoms with Crippen LogP contribution in [0.3, 0.4) is 0 Å². The molecule has 0 aromatic heterocycles. The van der Waals surface area contributed by atoms with Gasteiger partial charge in [0, 0.05) is 22.7 Å². The second-order valence-corrected chi connectivity index (χ2v) is 11.1. The van der Waals surface area contributed by atoms with E-state index in [-0.39, 0.29) is 44.1 Å². The summed E-state index contributed by atoms with van der Waals surface area (Å²) in [7, 11) is 0. The van der Waals surface area contributed by atoms with Crippen molar-refractivity contribution >= 4 is 58.4 Å². The Morgan fingerprint density at radius 3 is 2.25 bits per heavy atom. The molecule has 44 heavy (non-hydrogen) atoms. The average molecular weight is 636 g/mol. The molecule has 11 nitrogen and oxygen atoms in total. The van der Waals surface area contributed by atoms with Crippen molar-refractivity contribution in [2.75, 3.05) is 6.54 Å². The number of carbonyl (C=O) groups is 5. The van der Waals surface area contributed by atoms with Gasteiger partial charge in [0.15, 0.2) is 5.78 Å². The van der Waals surface area contributed by atoms with Gasteiger partial charge in [-0.2, -0.15) is 5.01 Å². The summed E-state index contributed by atoms with van der Waals surface area (Å²) in [5.74, 6) is -4.90. The molecule has 0 saturated carbocycles. The molecular formula is C31H23Cl2N3O8. The van der Waals surface area contributed by atoms with E-state index in [1.807, 2.05) is 19.1 Å². The van der Waals surface area contributed by atoms with Gasteiger partial charge in [0.05, 0.1) is 32.9 Å². The number of benzene rings is 3. The van der Waals surface area contributed by atoms with E-state index in [1.165, 1.54) is 66.7 Å². The van der Waals surface area contributed by atoms with Crippen LogP contribution in [0.1, 0.15) is 44.4 Å². The lowest BCUT2D eigenvalue weighted by molar-refractivity contribution is -0.384. The lowest BCUT2D eigenvalue weighted by atomic mass is 9.78. The number of amides is 3. The lowest BCUT2D eigenvalue weighted by Crippen LogP contribution is -2.52. The number of hydrogen-bond donors (Lipinski definition) is 0. The fourth-order valence-corrected chi connectivity index (χ4v) is 5.71. The normalized spacial score (nSPS) is 19.0. The van der Waals surface area contributed by atoms with Crippen molar-refractivity contribution in [1.29, 1.82) is 0 Å². The molecule has 1 heterocycles. The zero-order chi connectivity index (χ0) is 31.7. The average Bonchev–Trinajstić information content (AvgIpc) is 3.25. The minimum atomic E-state index is -0.838. The molecule has 3 atom stereocenters. The van der Waals surface area contributed by atoms with Crippen LogP contribution < -0.4 is 4.74 Å². The summed E-state index contributed by atoms with van der Waals surface area (Å²) >= 11 is 12.3. The number of nitrogens with zero attached hydrogens (tertiary/aromatic N) is 3. The second-order valence-electron chi connectivity index (χ2n) is 10.3. The number of Topliss-reactive ketones (excluding diaryl/α,β-unsaturated/α-hetero) is 1. The summed E-state index contributed by atoms with van der Waals surface area (Å²) in [6.07, 6.45) is 4.00. The minimum Gasteiger partial charge on any atom is -0.423 e. The molecule has 0 spiro atoms. The van der Waals surface area contributed by atoms with Crippen LogP contribution in [0.15, 0.2) is 78.9 Å². The maximum Gasteiger partial charge on any atom is 0.343 e. The molecule has 1 fully saturated rings. The summed E-state index contributed by atoms with van der Waals surface area (Å²) in [5.41, 5.74) is -0.0564. The number of nitro groups is 1. The molecule has 3 aromatic carbocycles. The molecule has 1 aliphatic carbocycles. The monoisotopic (exact) mass is 635 g/mol. The highest BCUT2D eigenvalue weighted by molar-refractivity contribution is 6.36. The van der Waals surface area contributed by atoms with Gasteiger partial charge < -0.3 is 4.74 Å². The molecule has 3 amide bonds. The summed E-state index contributed by atoms with van der Waals surface area (Å²) in [5, 5.41) is 12.6. The maximum absolute atomic E-state index is 13.8. The van der Waals surface area contributed by atoms with E-state index < -0.39 is 52.8 Å². The molecule has 224 valence electrons. The topological polar surface area (TPSA) is 144 Å². The first-order valence-electron chi connectivity index (χ1n) is 13.4. The van der Waals surface area contributed by atoms with E-state index in [0.717, 1.165) is 10.0 Å². The highest BCUT2D eigenvalue weighted by atomic mass is 35.5. The largest absolute Gasteiger partial charge is 0.423 e. The number of hydrogen-bond acceptors (Lipinski definition) is 8. The molecule has 5 rings (SSSR count). The summed E-state index contributed by atoms with van der Waals surface area (Å²) < 4.78 is 5.30. The highest BCUT2D eigenvalue weighted by Gasteiger charge is 2.53. The number of allylic oxidation sites excluding steroid dienone is 2. The van der Waals surface area contributed by atoms with Crippen LogP contribution in [0.4, 0.5) is 5.69 Å². The number of esters is 1. The number of carbonyl (C=O) groups excluding carboxylic acids is 5. The Bertz CT molecular complexity index is 1720. The third kappa shape index (κ3) is 5.97. The number of fused-ring (bicyclic) bond motifs is 1.